The molecular formula is C25H28N8O. The van der Waals surface area contributed by atoms with E-state index in [-0.39, 0.29) is 5.91 Å². The Kier molecular flexibility index (Phi) is 5.93. The van der Waals surface area contributed by atoms with E-state index in [0.717, 1.165) is 53.8 Å². The molecule has 9 heteroatoms. The van der Waals surface area contributed by atoms with Crippen LogP contribution >= 0.6 is 0 Å². The second-order valence-electron chi connectivity index (χ2n) is 8.90. The van der Waals surface area contributed by atoms with Crippen LogP contribution in [0.2, 0.25) is 0 Å². The van der Waals surface area contributed by atoms with Gasteiger partial charge >= 0.3 is 0 Å². The lowest BCUT2D eigenvalue weighted by atomic mass is 10.0. The predicted octanol–water partition coefficient (Wildman–Crippen LogP) is 3.21. The zero-order valence-corrected chi connectivity index (χ0v) is 19.6. The molecule has 5 rings (SSSR count). The summed E-state index contributed by atoms with van der Waals surface area (Å²) >= 11 is 0. The van der Waals surface area contributed by atoms with Crippen LogP contribution in [-0.4, -0.2) is 68.8 Å². The van der Waals surface area contributed by atoms with E-state index in [1.165, 1.54) is 0 Å². The van der Waals surface area contributed by atoms with Crippen LogP contribution in [0.3, 0.4) is 0 Å². The first-order chi connectivity index (χ1) is 16.5. The highest BCUT2D eigenvalue weighted by atomic mass is 16.1. The summed E-state index contributed by atoms with van der Waals surface area (Å²) in [6, 6.07) is 7.92. The minimum atomic E-state index is -0.227. The number of aryl methyl sites for hydroxylation is 1. The number of fused-ring (bicyclic) bond motifs is 1. The van der Waals surface area contributed by atoms with Gasteiger partial charge in [-0.3, -0.25) is 14.5 Å². The number of aromatic nitrogens is 5. The molecule has 0 spiro atoms. The van der Waals surface area contributed by atoms with Crippen LogP contribution in [-0.2, 0) is 7.05 Å². The third-order valence-electron chi connectivity index (χ3n) is 6.38. The fraction of sp³-hybridized carbons (Fsp3) is 0.320. The van der Waals surface area contributed by atoms with E-state index in [2.05, 4.69) is 50.3 Å². The van der Waals surface area contributed by atoms with Gasteiger partial charge in [0.2, 0.25) is 0 Å². The maximum absolute atomic E-state index is 12.6. The number of nitrogens with one attached hydrogen (secondary N) is 1. The molecule has 1 saturated heterocycles. The maximum Gasteiger partial charge on any atom is 0.256 e. The van der Waals surface area contributed by atoms with Crippen molar-refractivity contribution in [3.8, 4) is 11.1 Å². The molecule has 0 aliphatic carbocycles. The highest BCUT2D eigenvalue weighted by Crippen LogP contribution is 2.34. The molecule has 0 bridgehead atoms. The monoisotopic (exact) mass is 456 g/mol. The van der Waals surface area contributed by atoms with Crippen LogP contribution in [0.4, 0.5) is 11.6 Å². The molecule has 0 saturated carbocycles. The largest absolute Gasteiger partial charge is 0.356 e. The molecular weight excluding hydrogens is 428 g/mol. The third-order valence-corrected chi connectivity index (χ3v) is 6.38. The lowest BCUT2D eigenvalue weighted by Crippen LogP contribution is -2.42. The molecule has 1 amide bonds. The first-order valence-corrected chi connectivity index (χ1v) is 11.4. The zero-order chi connectivity index (χ0) is 23.7. The smallest absolute Gasteiger partial charge is 0.256 e. The summed E-state index contributed by atoms with van der Waals surface area (Å²) in [5.74, 6) is 1.20. The quantitative estimate of drug-likeness (QED) is 0.493. The Balaban J connectivity index is 1.50. The lowest BCUT2D eigenvalue weighted by molar-refractivity contribution is 0.102. The highest BCUT2D eigenvalue weighted by Gasteiger charge is 2.24. The first-order valence-electron chi connectivity index (χ1n) is 11.4. The van der Waals surface area contributed by atoms with Crippen LogP contribution in [0.5, 0.6) is 0 Å². The van der Waals surface area contributed by atoms with E-state index in [9.17, 15) is 4.79 Å². The maximum atomic E-state index is 12.6. The summed E-state index contributed by atoms with van der Waals surface area (Å²) in [5, 5.41) is 8.15. The Morgan fingerprint density at radius 3 is 2.56 bits per heavy atom. The van der Waals surface area contributed by atoms with Gasteiger partial charge in [-0.05, 0) is 51.2 Å². The number of hydrogen-bond donors (Lipinski definition) is 1. The second-order valence-corrected chi connectivity index (χ2v) is 8.90. The molecule has 4 aromatic rings. The third kappa shape index (κ3) is 4.47. The molecule has 0 unspecified atom stereocenters. The molecule has 34 heavy (non-hydrogen) atoms. The van der Waals surface area contributed by atoms with Crippen molar-refractivity contribution in [3.63, 3.8) is 0 Å². The van der Waals surface area contributed by atoms with Crippen molar-refractivity contribution >= 4 is 28.4 Å². The molecule has 1 N–H and O–H groups in total. The van der Waals surface area contributed by atoms with Crippen molar-refractivity contribution in [2.45, 2.75) is 18.9 Å². The number of anilines is 2. The van der Waals surface area contributed by atoms with Crippen molar-refractivity contribution < 1.29 is 4.79 Å². The van der Waals surface area contributed by atoms with Crippen LogP contribution in [0.25, 0.3) is 22.0 Å². The van der Waals surface area contributed by atoms with Gasteiger partial charge < -0.3 is 15.1 Å². The second kappa shape index (κ2) is 9.18. The highest BCUT2D eigenvalue weighted by molar-refractivity contribution is 6.04. The van der Waals surface area contributed by atoms with Crippen molar-refractivity contribution in [1.29, 1.82) is 0 Å². The van der Waals surface area contributed by atoms with Gasteiger partial charge in [-0.15, -0.1) is 0 Å². The summed E-state index contributed by atoms with van der Waals surface area (Å²) in [4.78, 5) is 30.7. The van der Waals surface area contributed by atoms with Crippen molar-refractivity contribution in [1.82, 2.24) is 29.6 Å². The fourth-order valence-corrected chi connectivity index (χ4v) is 4.44. The van der Waals surface area contributed by atoms with Crippen LogP contribution in [0.1, 0.15) is 23.2 Å². The van der Waals surface area contributed by atoms with E-state index >= 15 is 0 Å². The van der Waals surface area contributed by atoms with Crippen LogP contribution in [0, 0.1) is 0 Å². The molecule has 0 aromatic carbocycles. The van der Waals surface area contributed by atoms with Gasteiger partial charge in [0.05, 0.1) is 17.9 Å². The number of carbonyl (C=O) groups excluding carboxylic acids is 1. The average Bonchev–Trinajstić information content (AvgIpc) is 3.30. The predicted molar refractivity (Wildman–Crippen MR) is 133 cm³/mol. The number of nitrogens with zero attached hydrogens (tertiary/aromatic N) is 7. The molecule has 1 fully saturated rings. The molecule has 1 aliphatic heterocycles. The topological polar surface area (TPSA) is 92.1 Å². The zero-order valence-electron chi connectivity index (χ0n) is 19.6. The summed E-state index contributed by atoms with van der Waals surface area (Å²) in [6.45, 7) is 1.89. The van der Waals surface area contributed by atoms with Gasteiger partial charge in [-0.1, -0.05) is 0 Å². The van der Waals surface area contributed by atoms with E-state index in [1.54, 1.807) is 35.4 Å². The summed E-state index contributed by atoms with van der Waals surface area (Å²) < 4.78 is 1.80. The summed E-state index contributed by atoms with van der Waals surface area (Å²) in [7, 11) is 6.20. The number of piperidine rings is 1. The van der Waals surface area contributed by atoms with E-state index in [1.807, 2.05) is 25.5 Å². The van der Waals surface area contributed by atoms with Crippen LogP contribution < -0.4 is 10.2 Å². The minimum absolute atomic E-state index is 0.227. The van der Waals surface area contributed by atoms with Crippen molar-refractivity contribution in [3.05, 3.63) is 60.8 Å². The van der Waals surface area contributed by atoms with Gasteiger partial charge in [0.15, 0.2) is 0 Å². The molecule has 174 valence electrons. The van der Waals surface area contributed by atoms with Gasteiger partial charge in [0.25, 0.3) is 5.91 Å². The summed E-state index contributed by atoms with van der Waals surface area (Å²) in [6.07, 6.45) is 11.0. The van der Waals surface area contributed by atoms with Gasteiger partial charge in [-0.2, -0.15) is 5.10 Å². The van der Waals surface area contributed by atoms with Gasteiger partial charge in [0, 0.05) is 66.8 Å². The van der Waals surface area contributed by atoms with Crippen LogP contribution in [0.15, 0.2) is 55.2 Å². The fourth-order valence-electron chi connectivity index (χ4n) is 4.44. The number of rotatable bonds is 5. The minimum Gasteiger partial charge on any atom is -0.356 e. The van der Waals surface area contributed by atoms with Gasteiger partial charge in [0.1, 0.15) is 11.6 Å². The lowest BCUT2D eigenvalue weighted by Gasteiger charge is -2.36. The average molecular weight is 457 g/mol. The first kappa shape index (κ1) is 22.0. The van der Waals surface area contributed by atoms with Crippen molar-refractivity contribution in [2.24, 2.45) is 7.05 Å². The standard InChI is InChI=1S/C25H28N8O/c1-31(2)20-6-10-33(11-7-20)24-21(19-14-28-32(3)16-19)12-18-13-23(27-15-22(18)29-24)30-25(34)17-4-8-26-9-5-17/h4-5,8-9,12-16,20H,6-7,10-11H2,1-3H3,(H,27,30,34). The molecule has 4 aromatic heterocycles. The van der Waals surface area contributed by atoms with Gasteiger partial charge in [-0.25, -0.2) is 9.97 Å². The molecule has 1 aliphatic rings. The Labute approximate surface area is 198 Å². The molecule has 0 radical (unpaired) electrons. The molecule has 0 atom stereocenters. The van der Waals surface area contributed by atoms with E-state index in [4.69, 9.17) is 4.98 Å². The number of amides is 1. The Morgan fingerprint density at radius 1 is 1.12 bits per heavy atom. The number of carbonyl (C=O) groups is 1. The Bertz CT molecular complexity index is 1310. The number of pyridine rings is 3. The van der Waals surface area contributed by atoms with E-state index in [0.29, 0.717) is 17.4 Å². The SMILES string of the molecule is CN(C)C1CCN(c2nc3cnc(NC(=O)c4ccncc4)cc3cc2-c2cnn(C)c2)CC1. The normalized spacial score (nSPS) is 14.6. The summed E-state index contributed by atoms with van der Waals surface area (Å²) in [5.41, 5.74) is 3.36. The van der Waals surface area contributed by atoms with Crippen molar-refractivity contribution in [2.75, 3.05) is 37.4 Å². The molecule has 5 heterocycles. The van der Waals surface area contributed by atoms with E-state index < -0.39 is 0 Å². The number of hydrogen-bond acceptors (Lipinski definition) is 7. The molecule has 9 nitrogen and oxygen atoms in total. The Morgan fingerprint density at radius 2 is 1.88 bits per heavy atom. The Hall–Kier alpha value is -3.85.